The van der Waals surface area contributed by atoms with Gasteiger partial charge in [-0.3, -0.25) is 43.2 Å². The van der Waals surface area contributed by atoms with Crippen LogP contribution in [0.25, 0.3) is 0 Å². The molecule has 5 rings (SSSR count). The molecule has 394 valence electrons. The van der Waals surface area contributed by atoms with Gasteiger partial charge in [0, 0.05) is 55.3 Å². The number of methoxy groups -OCH3 is 1. The van der Waals surface area contributed by atoms with Crippen LogP contribution in [0.5, 0.6) is 17.2 Å². The lowest BCUT2D eigenvalue weighted by molar-refractivity contribution is -0.249. The Bertz CT molecular complexity index is 2460. The normalized spacial score (nSPS) is 23.0. The van der Waals surface area contributed by atoms with Gasteiger partial charge in [0.25, 0.3) is 0 Å². The number of aliphatic carboxylic acids is 1. The molecule has 0 spiro atoms. The fraction of sp³-hybridized carbons (Fsp3) is 0.571. The molecule has 11 N–H and O–H groups in total. The third kappa shape index (κ3) is 12.6. The Morgan fingerprint density at radius 3 is 2.18 bits per heavy atom. The number of nitrogens with one attached hydrogen (secondary N) is 5. The van der Waals surface area contributed by atoms with Gasteiger partial charge in [-0.05, 0) is 38.2 Å². The Kier molecular flexibility index (Phi) is 18.6. The predicted molar refractivity (Wildman–Crippen MR) is 251 cm³/mol. The highest BCUT2D eigenvalue weighted by molar-refractivity contribution is 6.31. The number of fused-ring (bicyclic) bond motifs is 3. The SMILES string of the molecule is CC[C@H](C)[C@H](NC(=O)CCNC(=O)CCC(=O)O)C(=O)N[C@@H](C)C(=O)N[C@@H](CC(C)C)C(=O)N[C@H]1C[C@H](O[C@H]2C[C@](O)(C(=O)CO)Cc3c(O)c4c(c(O)c32)C(=O)c2c(OC)cccc2C4=O)O[C@@H](C)[C@H]1O. The number of Topliss-reactive ketones (excluding diaryl/α,β-unsaturated/α-hetero) is 1. The van der Waals surface area contributed by atoms with E-state index in [9.17, 15) is 68.7 Å². The van der Waals surface area contributed by atoms with Crippen molar-refractivity contribution in [3.05, 3.63) is 51.6 Å². The molecule has 2 aromatic rings. The maximum Gasteiger partial charge on any atom is 0.303 e. The number of phenolic OH excluding ortho intramolecular Hbond substituents is 2. The molecule has 0 saturated carbocycles. The Morgan fingerprint density at radius 2 is 1.56 bits per heavy atom. The lowest BCUT2D eigenvalue weighted by Gasteiger charge is -2.43. The second kappa shape index (κ2) is 23.8. The van der Waals surface area contributed by atoms with Crippen LogP contribution in [-0.2, 0) is 49.5 Å². The summed E-state index contributed by atoms with van der Waals surface area (Å²) in [6, 6.07) is -0.480. The van der Waals surface area contributed by atoms with Crippen LogP contribution in [0.2, 0.25) is 0 Å². The lowest BCUT2D eigenvalue weighted by atomic mass is 9.72. The van der Waals surface area contributed by atoms with Crippen LogP contribution in [0.4, 0.5) is 0 Å². The number of hydrogen-bond acceptors (Lipinski definition) is 17. The fourth-order valence-electron chi connectivity index (χ4n) is 9.08. The molecule has 23 nitrogen and oxygen atoms in total. The molecule has 1 saturated heterocycles. The molecule has 10 atom stereocenters. The number of aromatic hydroxyl groups is 2. The number of aliphatic hydroxyl groups is 3. The molecule has 1 fully saturated rings. The van der Waals surface area contributed by atoms with Gasteiger partial charge < -0.3 is 71.4 Å². The van der Waals surface area contributed by atoms with Crippen molar-refractivity contribution < 1.29 is 88.0 Å². The van der Waals surface area contributed by atoms with Gasteiger partial charge in [0.1, 0.15) is 53.7 Å². The van der Waals surface area contributed by atoms with Gasteiger partial charge in [-0.2, -0.15) is 0 Å². The molecule has 2 aliphatic carbocycles. The van der Waals surface area contributed by atoms with Gasteiger partial charge in [-0.25, -0.2) is 0 Å². The number of benzene rings is 2. The van der Waals surface area contributed by atoms with E-state index >= 15 is 0 Å². The standard InChI is InChI=1S/C49H65N5O18/c1-8-22(4)40(54-33(58)14-15-50-32(57)12-13-34(59)60)48(68)51-23(5)46(66)53-28(16-21(2)3)47(67)52-27-17-35(71-24(6)41(27)61)72-30-19-49(69,31(56)20-55)18-26-37(30)45(65)39-38(43(26)63)42(62)25-10-9-11-29(70-7)36(25)44(39)64/h9-11,21-24,27-28,30,35,40-41,55,61,63,65,69H,8,12-20H2,1-7H3,(H,50,57)(H,51,68)(H,52,67)(H,53,66)(H,54,58)(H,59,60)/t22-,23-,24-,27-,28-,30-,35-,40-,41+,49-/m0/s1. The van der Waals surface area contributed by atoms with Crippen LogP contribution in [-0.4, -0.2) is 152 Å². The number of rotatable bonds is 22. The Morgan fingerprint density at radius 1 is 0.875 bits per heavy atom. The first-order valence-electron chi connectivity index (χ1n) is 23.8. The predicted octanol–water partition coefficient (Wildman–Crippen LogP) is 0.0964. The van der Waals surface area contributed by atoms with Gasteiger partial charge in [-0.15, -0.1) is 0 Å². The molecule has 0 bridgehead atoms. The number of carbonyl (C=O) groups is 9. The van der Waals surface area contributed by atoms with Crippen LogP contribution in [0.1, 0.15) is 136 Å². The zero-order valence-corrected chi connectivity index (χ0v) is 41.2. The zero-order chi connectivity index (χ0) is 53.5. The second-order valence-corrected chi connectivity index (χ2v) is 19.0. The minimum Gasteiger partial charge on any atom is -0.507 e. The number of carboxylic acids is 1. The van der Waals surface area contributed by atoms with Crippen LogP contribution in [0.3, 0.4) is 0 Å². The third-order valence-electron chi connectivity index (χ3n) is 13.2. The summed E-state index contributed by atoms with van der Waals surface area (Å²) in [5, 5.41) is 78.3. The highest BCUT2D eigenvalue weighted by Gasteiger charge is 2.50. The average Bonchev–Trinajstić information content (AvgIpc) is 3.32. The smallest absolute Gasteiger partial charge is 0.303 e. The van der Waals surface area contributed by atoms with E-state index in [1.54, 1.807) is 27.7 Å². The number of phenols is 2. The van der Waals surface area contributed by atoms with Crippen molar-refractivity contribution in [1.29, 1.82) is 0 Å². The summed E-state index contributed by atoms with van der Waals surface area (Å²) in [6.07, 6.45) is -7.43. The molecular formula is C49H65N5O18. The molecular weight excluding hydrogens is 947 g/mol. The molecule has 1 heterocycles. The third-order valence-corrected chi connectivity index (χ3v) is 13.2. The molecule has 5 amide bonds. The molecule has 1 aliphatic heterocycles. The van der Waals surface area contributed by atoms with Gasteiger partial charge in [0.05, 0.1) is 48.5 Å². The molecule has 72 heavy (non-hydrogen) atoms. The van der Waals surface area contributed by atoms with E-state index in [0.29, 0.717) is 6.42 Å². The number of carboxylic acid groups (broad SMARTS) is 1. The first kappa shape index (κ1) is 56.4. The topological polar surface area (TPSA) is 363 Å². The molecule has 0 unspecified atom stereocenters. The summed E-state index contributed by atoms with van der Waals surface area (Å²) in [6.45, 7) is 8.67. The van der Waals surface area contributed by atoms with Crippen molar-refractivity contribution in [2.45, 2.75) is 147 Å². The summed E-state index contributed by atoms with van der Waals surface area (Å²) in [4.78, 5) is 118. The first-order chi connectivity index (χ1) is 33.9. The van der Waals surface area contributed by atoms with Crippen LogP contribution in [0.15, 0.2) is 18.2 Å². The molecule has 2 aromatic carbocycles. The minimum atomic E-state index is -2.43. The van der Waals surface area contributed by atoms with Crippen molar-refractivity contribution in [3.63, 3.8) is 0 Å². The van der Waals surface area contributed by atoms with E-state index in [4.69, 9.17) is 19.3 Å². The molecule has 0 aromatic heterocycles. The number of hydrogen-bond donors (Lipinski definition) is 11. The summed E-state index contributed by atoms with van der Waals surface area (Å²) in [7, 11) is 1.28. The van der Waals surface area contributed by atoms with Gasteiger partial charge in [-0.1, -0.05) is 46.2 Å². The van der Waals surface area contributed by atoms with Gasteiger partial charge in [0.15, 0.2) is 17.9 Å². The van der Waals surface area contributed by atoms with E-state index in [2.05, 4.69) is 26.6 Å². The highest BCUT2D eigenvalue weighted by atomic mass is 16.7. The molecule has 3 aliphatic rings. The maximum atomic E-state index is 14.1. The quantitative estimate of drug-likeness (QED) is 0.0595. The van der Waals surface area contributed by atoms with Gasteiger partial charge in [0.2, 0.25) is 35.3 Å². The maximum absolute atomic E-state index is 14.1. The summed E-state index contributed by atoms with van der Waals surface area (Å²) >= 11 is 0. The summed E-state index contributed by atoms with van der Waals surface area (Å²) in [5.74, 6) is -9.50. The van der Waals surface area contributed by atoms with E-state index in [-0.39, 0.29) is 72.6 Å². The van der Waals surface area contributed by atoms with Crippen LogP contribution >= 0.6 is 0 Å². The average molecular weight is 1010 g/mol. The lowest BCUT2D eigenvalue weighted by Crippen LogP contribution is -2.60. The van der Waals surface area contributed by atoms with E-state index in [0.717, 1.165) is 0 Å². The van der Waals surface area contributed by atoms with Crippen molar-refractivity contribution >= 4 is 52.9 Å². The number of ketones is 3. The Hall–Kier alpha value is -6.53. The molecule has 23 heteroatoms. The van der Waals surface area contributed by atoms with Crippen molar-refractivity contribution in [1.82, 2.24) is 26.6 Å². The van der Waals surface area contributed by atoms with E-state index in [1.807, 2.05) is 0 Å². The minimum absolute atomic E-state index is 0.0151. The molecule has 0 radical (unpaired) electrons. The second-order valence-electron chi connectivity index (χ2n) is 19.0. The zero-order valence-electron chi connectivity index (χ0n) is 41.2. The van der Waals surface area contributed by atoms with Gasteiger partial charge >= 0.3 is 5.97 Å². The van der Waals surface area contributed by atoms with Crippen molar-refractivity contribution in [2.75, 3.05) is 20.3 Å². The van der Waals surface area contributed by atoms with E-state index < -0.39 is 155 Å². The Balaban J connectivity index is 1.32. The highest BCUT2D eigenvalue weighted by Crippen LogP contribution is 2.52. The monoisotopic (exact) mass is 1010 g/mol. The summed E-state index contributed by atoms with van der Waals surface area (Å²) < 4.78 is 17.6. The Labute approximate surface area is 414 Å². The van der Waals surface area contributed by atoms with Crippen LogP contribution < -0.4 is 31.3 Å². The first-order valence-corrected chi connectivity index (χ1v) is 23.8. The van der Waals surface area contributed by atoms with Crippen molar-refractivity contribution in [3.8, 4) is 17.2 Å². The summed E-state index contributed by atoms with van der Waals surface area (Å²) in [5.41, 5.74) is -4.50. The number of ether oxygens (including phenoxy) is 3. The van der Waals surface area contributed by atoms with E-state index in [1.165, 1.54) is 39.2 Å². The van der Waals surface area contributed by atoms with Crippen LogP contribution in [0, 0.1) is 11.8 Å². The largest absolute Gasteiger partial charge is 0.507 e. The number of carbonyl (C=O) groups excluding carboxylic acids is 8. The fourth-order valence-corrected chi connectivity index (χ4v) is 9.08. The number of amides is 5. The number of aliphatic hydroxyl groups excluding tert-OH is 2. The van der Waals surface area contributed by atoms with Crippen molar-refractivity contribution in [2.24, 2.45) is 11.8 Å².